The van der Waals surface area contributed by atoms with Crippen LogP contribution < -0.4 is 10.6 Å². The lowest BCUT2D eigenvalue weighted by Crippen LogP contribution is -2.30. The maximum absolute atomic E-state index is 11.0. The molecule has 1 atom stereocenters. The molecule has 0 saturated heterocycles. The van der Waals surface area contributed by atoms with Crippen LogP contribution in [0.5, 0.6) is 0 Å². The second-order valence-electron chi connectivity index (χ2n) is 4.71. The molecule has 0 fully saturated rings. The first-order valence-electron chi connectivity index (χ1n) is 6.37. The highest BCUT2D eigenvalue weighted by atomic mass is 16.1. The zero-order valence-corrected chi connectivity index (χ0v) is 10.7. The van der Waals surface area contributed by atoms with Gasteiger partial charge < -0.3 is 15.6 Å². The minimum Gasteiger partial charge on any atom is -0.348 e. The molecule has 1 aromatic heterocycles. The van der Waals surface area contributed by atoms with Gasteiger partial charge in [-0.2, -0.15) is 0 Å². The van der Waals surface area contributed by atoms with Crippen molar-refractivity contribution < 1.29 is 4.79 Å². The fraction of sp³-hybridized carbons (Fsp3) is 0.286. The van der Waals surface area contributed by atoms with Gasteiger partial charge in [-0.3, -0.25) is 4.79 Å². The minimum absolute atomic E-state index is 0.0573. The number of amides is 1. The highest BCUT2D eigenvalue weighted by Gasteiger charge is 2.23. The Balaban J connectivity index is 1.86. The van der Waals surface area contributed by atoms with Gasteiger partial charge in [0.2, 0.25) is 5.91 Å². The van der Waals surface area contributed by atoms with Crippen LogP contribution >= 0.6 is 0 Å². The lowest BCUT2D eigenvalue weighted by molar-refractivity contribution is -0.114. The van der Waals surface area contributed by atoms with E-state index in [-0.39, 0.29) is 11.9 Å². The van der Waals surface area contributed by atoms with Crippen LogP contribution in [0.15, 0.2) is 30.6 Å². The quantitative estimate of drug-likeness (QED) is 0.764. The van der Waals surface area contributed by atoms with E-state index in [9.17, 15) is 4.79 Å². The van der Waals surface area contributed by atoms with Crippen LogP contribution in [-0.4, -0.2) is 22.4 Å². The van der Waals surface area contributed by atoms with Crippen molar-refractivity contribution in [3.63, 3.8) is 0 Å². The zero-order chi connectivity index (χ0) is 13.2. The molecule has 1 aliphatic heterocycles. The summed E-state index contributed by atoms with van der Waals surface area (Å²) in [7, 11) is 0. The van der Waals surface area contributed by atoms with Crippen molar-refractivity contribution in [3.8, 4) is 0 Å². The fourth-order valence-electron chi connectivity index (χ4n) is 2.46. The molecular formula is C14H16N4O. The van der Waals surface area contributed by atoms with Gasteiger partial charge in [0.15, 0.2) is 0 Å². The second-order valence-corrected chi connectivity index (χ2v) is 4.71. The molecule has 2 aromatic rings. The molecule has 1 aromatic carbocycles. The number of benzene rings is 1. The number of fused-ring (bicyclic) bond motifs is 1. The molecule has 3 N–H and O–H groups in total. The minimum atomic E-state index is -0.0573. The second kappa shape index (κ2) is 4.85. The summed E-state index contributed by atoms with van der Waals surface area (Å²) in [5.74, 6) is -0.0573. The molecule has 1 aliphatic rings. The number of hydrogen-bond donors (Lipinski definition) is 3. The van der Waals surface area contributed by atoms with Crippen molar-refractivity contribution in [3.05, 3.63) is 47.5 Å². The average Bonchev–Trinajstić information content (AvgIpc) is 2.87. The first-order chi connectivity index (χ1) is 9.24. The molecule has 0 aliphatic carbocycles. The van der Waals surface area contributed by atoms with E-state index in [0.717, 1.165) is 29.9 Å². The molecule has 2 heterocycles. The number of aromatic nitrogens is 2. The third-order valence-electron chi connectivity index (χ3n) is 3.31. The van der Waals surface area contributed by atoms with Crippen LogP contribution in [0.1, 0.15) is 29.9 Å². The van der Waals surface area contributed by atoms with Crippen LogP contribution in [0.4, 0.5) is 5.69 Å². The van der Waals surface area contributed by atoms with Crippen molar-refractivity contribution in [1.29, 1.82) is 0 Å². The number of nitrogens with one attached hydrogen (secondary N) is 3. The molecule has 5 nitrogen and oxygen atoms in total. The largest absolute Gasteiger partial charge is 0.348 e. The molecule has 98 valence electrons. The third-order valence-corrected chi connectivity index (χ3v) is 3.31. The van der Waals surface area contributed by atoms with E-state index >= 15 is 0 Å². The number of imidazole rings is 1. The Hall–Kier alpha value is -2.14. The number of carbonyl (C=O) groups is 1. The zero-order valence-electron chi connectivity index (χ0n) is 10.7. The van der Waals surface area contributed by atoms with Gasteiger partial charge in [-0.25, -0.2) is 4.98 Å². The predicted molar refractivity (Wildman–Crippen MR) is 72.9 cm³/mol. The number of H-pyrrole nitrogens is 1. The van der Waals surface area contributed by atoms with E-state index in [2.05, 4.69) is 20.6 Å². The van der Waals surface area contributed by atoms with Crippen molar-refractivity contribution in [2.45, 2.75) is 19.4 Å². The van der Waals surface area contributed by atoms with Crippen molar-refractivity contribution in [1.82, 2.24) is 15.3 Å². The smallest absolute Gasteiger partial charge is 0.221 e. The van der Waals surface area contributed by atoms with E-state index in [0.29, 0.717) is 0 Å². The first kappa shape index (κ1) is 11.9. The molecule has 0 unspecified atom stereocenters. The topological polar surface area (TPSA) is 69.8 Å². The Morgan fingerprint density at radius 2 is 2.16 bits per heavy atom. The Morgan fingerprint density at radius 1 is 1.37 bits per heavy atom. The van der Waals surface area contributed by atoms with Crippen molar-refractivity contribution >= 4 is 11.6 Å². The van der Waals surface area contributed by atoms with Crippen LogP contribution in [0.3, 0.4) is 0 Å². The van der Waals surface area contributed by atoms with Crippen LogP contribution in [-0.2, 0) is 11.2 Å². The summed E-state index contributed by atoms with van der Waals surface area (Å²) in [6, 6.07) is 8.00. The lowest BCUT2D eigenvalue weighted by Gasteiger charge is -2.23. The van der Waals surface area contributed by atoms with E-state index in [1.807, 2.05) is 24.3 Å². The van der Waals surface area contributed by atoms with Gasteiger partial charge in [0.25, 0.3) is 0 Å². The summed E-state index contributed by atoms with van der Waals surface area (Å²) in [5.41, 5.74) is 4.24. The predicted octanol–water partition coefficient (Wildman–Crippen LogP) is 1.60. The van der Waals surface area contributed by atoms with Gasteiger partial charge in [0, 0.05) is 31.3 Å². The van der Waals surface area contributed by atoms with E-state index in [4.69, 9.17) is 0 Å². The Kier molecular flexibility index (Phi) is 3.05. The Morgan fingerprint density at radius 3 is 2.89 bits per heavy atom. The monoisotopic (exact) mass is 256 g/mol. The molecule has 19 heavy (non-hydrogen) atoms. The summed E-state index contributed by atoms with van der Waals surface area (Å²) >= 11 is 0. The number of anilines is 1. The highest BCUT2D eigenvalue weighted by Crippen LogP contribution is 2.26. The standard InChI is InChI=1S/C14H16N4O/c1-9(19)18-11-4-2-10(3-5-11)13-14-12(6-7-15-13)16-8-17-14/h2-5,8,13,15H,6-7H2,1H3,(H,16,17)(H,18,19)/t13-/m0/s1. The van der Waals surface area contributed by atoms with Crippen molar-refractivity contribution in [2.75, 3.05) is 11.9 Å². The molecule has 3 rings (SSSR count). The molecular weight excluding hydrogens is 240 g/mol. The van der Waals surface area contributed by atoms with Gasteiger partial charge >= 0.3 is 0 Å². The lowest BCUT2D eigenvalue weighted by atomic mass is 9.98. The Bertz CT molecular complexity index is 588. The highest BCUT2D eigenvalue weighted by molar-refractivity contribution is 5.88. The van der Waals surface area contributed by atoms with E-state index in [1.165, 1.54) is 12.6 Å². The molecule has 5 heteroatoms. The number of rotatable bonds is 2. The van der Waals surface area contributed by atoms with Crippen LogP contribution in [0.25, 0.3) is 0 Å². The first-order valence-corrected chi connectivity index (χ1v) is 6.37. The summed E-state index contributed by atoms with van der Waals surface area (Å²) < 4.78 is 0. The van der Waals surface area contributed by atoms with Crippen molar-refractivity contribution in [2.24, 2.45) is 0 Å². The van der Waals surface area contributed by atoms with E-state index < -0.39 is 0 Å². The molecule has 0 bridgehead atoms. The van der Waals surface area contributed by atoms with Gasteiger partial charge in [-0.1, -0.05) is 12.1 Å². The average molecular weight is 256 g/mol. The third kappa shape index (κ3) is 2.37. The number of hydrogen-bond acceptors (Lipinski definition) is 3. The molecule has 0 saturated carbocycles. The Labute approximate surface area is 111 Å². The number of carbonyl (C=O) groups excluding carboxylic acids is 1. The summed E-state index contributed by atoms with van der Waals surface area (Å²) in [6.07, 6.45) is 2.73. The summed E-state index contributed by atoms with van der Waals surface area (Å²) in [6.45, 7) is 2.44. The SMILES string of the molecule is CC(=O)Nc1ccc([C@@H]2NCCc3[nH]cnc32)cc1. The summed E-state index contributed by atoms with van der Waals surface area (Å²) in [4.78, 5) is 18.6. The van der Waals surface area contributed by atoms with Crippen LogP contribution in [0, 0.1) is 0 Å². The summed E-state index contributed by atoms with van der Waals surface area (Å²) in [5, 5.41) is 6.24. The van der Waals surface area contributed by atoms with Gasteiger partial charge in [0.1, 0.15) is 0 Å². The number of nitrogens with zero attached hydrogens (tertiary/aromatic N) is 1. The molecule has 1 amide bonds. The maximum Gasteiger partial charge on any atom is 0.221 e. The maximum atomic E-state index is 11.0. The normalized spacial score (nSPS) is 17.8. The molecule has 0 radical (unpaired) electrons. The van der Waals surface area contributed by atoms with E-state index in [1.54, 1.807) is 6.33 Å². The molecule has 0 spiro atoms. The van der Waals surface area contributed by atoms with Gasteiger partial charge in [-0.15, -0.1) is 0 Å². The number of aromatic amines is 1. The van der Waals surface area contributed by atoms with Gasteiger partial charge in [-0.05, 0) is 17.7 Å². The van der Waals surface area contributed by atoms with Gasteiger partial charge in [0.05, 0.1) is 18.1 Å². The fourth-order valence-corrected chi connectivity index (χ4v) is 2.46. The van der Waals surface area contributed by atoms with Crippen LogP contribution in [0.2, 0.25) is 0 Å².